The van der Waals surface area contributed by atoms with Crippen molar-refractivity contribution < 1.29 is 28.3 Å². The fraction of sp³-hybridized carbons (Fsp3) is 0.455. The number of aromatic hydroxyl groups is 2. The SMILES string of the molecule is O=S(=O)(O)CC(O)CNCCc1ccc(O)c(O)c1. The van der Waals surface area contributed by atoms with Gasteiger partial charge in [-0.25, -0.2) is 0 Å². The third kappa shape index (κ3) is 6.39. The van der Waals surface area contributed by atoms with Crippen molar-refractivity contribution in [3.8, 4) is 11.5 Å². The van der Waals surface area contributed by atoms with Crippen LogP contribution >= 0.6 is 0 Å². The molecule has 0 aliphatic rings. The quantitative estimate of drug-likeness (QED) is 0.260. The first-order valence-electron chi connectivity index (χ1n) is 5.63. The highest BCUT2D eigenvalue weighted by Crippen LogP contribution is 2.24. The first-order valence-corrected chi connectivity index (χ1v) is 7.23. The minimum Gasteiger partial charge on any atom is -0.504 e. The Labute approximate surface area is 111 Å². The Morgan fingerprint density at radius 3 is 2.47 bits per heavy atom. The van der Waals surface area contributed by atoms with Gasteiger partial charge < -0.3 is 20.6 Å². The molecule has 19 heavy (non-hydrogen) atoms. The van der Waals surface area contributed by atoms with Crippen molar-refractivity contribution in [3.63, 3.8) is 0 Å². The van der Waals surface area contributed by atoms with E-state index in [1.54, 1.807) is 6.07 Å². The summed E-state index contributed by atoms with van der Waals surface area (Å²) in [6.07, 6.45) is -0.643. The molecule has 5 N–H and O–H groups in total. The topological polar surface area (TPSA) is 127 Å². The number of phenolic OH excluding ortho intramolecular Hbond substituents is 2. The van der Waals surface area contributed by atoms with Crippen LogP contribution in [-0.4, -0.2) is 53.2 Å². The zero-order valence-corrected chi connectivity index (χ0v) is 11.0. The number of hydrogen-bond donors (Lipinski definition) is 5. The Balaban J connectivity index is 2.29. The van der Waals surface area contributed by atoms with Crippen molar-refractivity contribution in [1.82, 2.24) is 5.32 Å². The molecule has 0 spiro atoms. The van der Waals surface area contributed by atoms with Crippen LogP contribution in [0.3, 0.4) is 0 Å². The van der Waals surface area contributed by atoms with E-state index in [9.17, 15) is 18.6 Å². The zero-order chi connectivity index (χ0) is 14.5. The number of aliphatic hydroxyl groups is 1. The Morgan fingerprint density at radius 2 is 1.89 bits per heavy atom. The van der Waals surface area contributed by atoms with Gasteiger partial charge in [-0.3, -0.25) is 4.55 Å². The van der Waals surface area contributed by atoms with E-state index >= 15 is 0 Å². The minimum atomic E-state index is -4.17. The van der Waals surface area contributed by atoms with Gasteiger partial charge in [0.25, 0.3) is 10.1 Å². The molecule has 0 amide bonds. The van der Waals surface area contributed by atoms with E-state index in [2.05, 4.69) is 5.32 Å². The fourth-order valence-corrected chi connectivity index (χ4v) is 2.13. The maximum atomic E-state index is 10.5. The van der Waals surface area contributed by atoms with Gasteiger partial charge in [0.05, 0.1) is 6.10 Å². The van der Waals surface area contributed by atoms with Gasteiger partial charge in [0.2, 0.25) is 0 Å². The van der Waals surface area contributed by atoms with Crippen molar-refractivity contribution in [2.24, 2.45) is 0 Å². The van der Waals surface area contributed by atoms with Crippen molar-refractivity contribution in [2.75, 3.05) is 18.8 Å². The fourth-order valence-electron chi connectivity index (χ4n) is 1.53. The highest BCUT2D eigenvalue weighted by molar-refractivity contribution is 7.85. The van der Waals surface area contributed by atoms with E-state index in [0.29, 0.717) is 13.0 Å². The lowest BCUT2D eigenvalue weighted by Crippen LogP contribution is -2.33. The van der Waals surface area contributed by atoms with Crippen LogP contribution < -0.4 is 5.32 Å². The largest absolute Gasteiger partial charge is 0.504 e. The summed E-state index contributed by atoms with van der Waals surface area (Å²) in [6.45, 7) is 0.483. The molecule has 1 atom stereocenters. The van der Waals surface area contributed by atoms with Crippen molar-refractivity contribution in [1.29, 1.82) is 0 Å². The summed E-state index contributed by atoms with van der Waals surface area (Å²) in [6, 6.07) is 4.44. The Bertz CT molecular complexity index is 516. The number of nitrogens with one attached hydrogen (secondary N) is 1. The molecule has 1 rings (SSSR count). The summed E-state index contributed by atoms with van der Waals surface area (Å²) >= 11 is 0. The van der Waals surface area contributed by atoms with Crippen LogP contribution in [-0.2, 0) is 16.5 Å². The monoisotopic (exact) mass is 291 g/mol. The smallest absolute Gasteiger partial charge is 0.267 e. The van der Waals surface area contributed by atoms with Crippen molar-refractivity contribution in [2.45, 2.75) is 12.5 Å². The maximum absolute atomic E-state index is 10.5. The molecule has 1 unspecified atom stereocenters. The molecule has 0 aliphatic carbocycles. The standard InChI is InChI=1S/C11H17NO6S/c13-9(7-19(16,17)18)6-12-4-3-8-1-2-10(14)11(15)5-8/h1-2,5,9,12-15H,3-4,6-7H2,(H,16,17,18). The second-order valence-corrected chi connectivity index (χ2v) is 5.68. The predicted octanol–water partition coefficient (Wildman–Crippen LogP) is -0.521. The van der Waals surface area contributed by atoms with Gasteiger partial charge >= 0.3 is 0 Å². The number of hydrogen-bond acceptors (Lipinski definition) is 6. The second kappa shape index (κ2) is 6.71. The van der Waals surface area contributed by atoms with Crippen LogP contribution in [0.4, 0.5) is 0 Å². The number of rotatable bonds is 7. The molecule has 7 nitrogen and oxygen atoms in total. The molecular formula is C11H17NO6S. The van der Waals surface area contributed by atoms with E-state index < -0.39 is 22.0 Å². The number of aliphatic hydroxyl groups excluding tert-OH is 1. The first kappa shape index (κ1) is 15.7. The Morgan fingerprint density at radius 1 is 1.21 bits per heavy atom. The molecule has 1 aromatic rings. The summed E-state index contributed by atoms with van der Waals surface area (Å²) < 4.78 is 29.5. The second-order valence-electron chi connectivity index (χ2n) is 4.18. The normalized spacial score (nSPS) is 13.4. The predicted molar refractivity (Wildman–Crippen MR) is 68.8 cm³/mol. The molecule has 0 radical (unpaired) electrons. The van der Waals surface area contributed by atoms with Gasteiger partial charge in [-0.1, -0.05) is 6.07 Å². The zero-order valence-electron chi connectivity index (χ0n) is 10.2. The van der Waals surface area contributed by atoms with Crippen LogP contribution in [0.5, 0.6) is 11.5 Å². The lowest BCUT2D eigenvalue weighted by molar-refractivity contribution is 0.191. The van der Waals surface area contributed by atoms with Crippen molar-refractivity contribution in [3.05, 3.63) is 23.8 Å². The third-order valence-electron chi connectivity index (χ3n) is 2.41. The van der Waals surface area contributed by atoms with Crippen LogP contribution in [0, 0.1) is 0 Å². The van der Waals surface area contributed by atoms with Crippen LogP contribution in [0.2, 0.25) is 0 Å². The molecule has 0 heterocycles. The summed E-state index contributed by atoms with van der Waals surface area (Å²) in [5.41, 5.74) is 0.784. The first-order chi connectivity index (χ1) is 8.78. The van der Waals surface area contributed by atoms with E-state index in [-0.39, 0.29) is 18.0 Å². The van der Waals surface area contributed by atoms with E-state index in [0.717, 1.165) is 5.56 Å². The van der Waals surface area contributed by atoms with Crippen LogP contribution in [0.25, 0.3) is 0 Å². The summed E-state index contributed by atoms with van der Waals surface area (Å²) in [7, 11) is -4.17. The highest BCUT2D eigenvalue weighted by Gasteiger charge is 2.13. The van der Waals surface area contributed by atoms with Gasteiger partial charge in [0, 0.05) is 6.54 Å². The van der Waals surface area contributed by atoms with Gasteiger partial charge in [-0.15, -0.1) is 0 Å². The Kier molecular flexibility index (Phi) is 5.55. The lowest BCUT2D eigenvalue weighted by Gasteiger charge is -2.10. The molecular weight excluding hydrogens is 274 g/mol. The highest BCUT2D eigenvalue weighted by atomic mass is 32.2. The average Bonchev–Trinajstić information content (AvgIpc) is 2.27. The molecule has 0 aliphatic heterocycles. The molecule has 0 bridgehead atoms. The van der Waals surface area contributed by atoms with Crippen LogP contribution in [0.15, 0.2) is 18.2 Å². The third-order valence-corrected chi connectivity index (χ3v) is 3.22. The van der Waals surface area contributed by atoms with E-state index in [4.69, 9.17) is 9.66 Å². The Hall–Kier alpha value is -1.35. The average molecular weight is 291 g/mol. The lowest BCUT2D eigenvalue weighted by atomic mass is 10.1. The minimum absolute atomic E-state index is 0.0316. The number of benzene rings is 1. The summed E-state index contributed by atoms with van der Waals surface area (Å²) in [5.74, 6) is -1.11. The number of phenols is 2. The molecule has 0 aromatic heterocycles. The van der Waals surface area contributed by atoms with E-state index in [1.165, 1.54) is 12.1 Å². The van der Waals surface area contributed by atoms with Crippen molar-refractivity contribution >= 4 is 10.1 Å². The molecule has 0 fully saturated rings. The molecule has 108 valence electrons. The van der Waals surface area contributed by atoms with Gasteiger partial charge in [0.1, 0.15) is 5.75 Å². The van der Waals surface area contributed by atoms with Crippen LogP contribution in [0.1, 0.15) is 5.56 Å². The van der Waals surface area contributed by atoms with E-state index in [1.807, 2.05) is 0 Å². The molecule has 8 heteroatoms. The van der Waals surface area contributed by atoms with Gasteiger partial charge in [-0.05, 0) is 30.7 Å². The molecule has 1 aromatic carbocycles. The van der Waals surface area contributed by atoms with Gasteiger partial charge in [0.15, 0.2) is 11.5 Å². The summed E-state index contributed by atoms with van der Waals surface area (Å²) in [4.78, 5) is 0. The maximum Gasteiger partial charge on any atom is 0.267 e. The van der Waals surface area contributed by atoms with Gasteiger partial charge in [-0.2, -0.15) is 8.42 Å². The summed E-state index contributed by atoms with van der Waals surface area (Å²) in [5, 5.41) is 30.5. The molecule has 0 saturated heterocycles. The molecule has 0 saturated carbocycles.